The molecule has 0 amide bonds. The number of nitrogens with zero attached hydrogens (tertiary/aromatic N) is 2. The van der Waals surface area contributed by atoms with Gasteiger partial charge in [-0.05, 0) is 26.2 Å². The highest BCUT2D eigenvalue weighted by Crippen LogP contribution is 2.15. The largest absolute Gasteiger partial charge is 0.490 e. The molecule has 0 spiro atoms. The lowest BCUT2D eigenvalue weighted by atomic mass is 10.4. The molecule has 1 aromatic rings. The Morgan fingerprint density at radius 3 is 2.90 bits per heavy atom. The summed E-state index contributed by atoms with van der Waals surface area (Å²) in [7, 11) is 3.96. The number of thioether (sulfide) groups is 1. The molecule has 0 unspecified atom stereocenters. The zero-order chi connectivity index (χ0) is 15.0. The average molecular weight is 301 g/mol. The fraction of sp³-hybridized carbons (Fsp3) is 0.500. The van der Waals surface area contributed by atoms with Gasteiger partial charge >= 0.3 is 0 Å². The van der Waals surface area contributed by atoms with Crippen LogP contribution in [0.25, 0.3) is 0 Å². The van der Waals surface area contributed by atoms with Gasteiger partial charge in [0.2, 0.25) is 0 Å². The lowest BCUT2D eigenvalue weighted by Gasteiger charge is -2.05. The normalized spacial score (nSPS) is 11.8. The Morgan fingerprint density at radius 1 is 1.55 bits per heavy atom. The second-order valence-electron chi connectivity index (χ2n) is 4.38. The average Bonchev–Trinajstić information content (AvgIpc) is 2.74. The van der Waals surface area contributed by atoms with Gasteiger partial charge in [-0.2, -0.15) is 11.8 Å². The van der Waals surface area contributed by atoms with Crippen LogP contribution in [-0.2, 0) is 12.3 Å². The summed E-state index contributed by atoms with van der Waals surface area (Å²) in [6.07, 6.45) is 0.532. The monoisotopic (exact) mass is 301 g/mol. The lowest BCUT2D eigenvalue weighted by molar-refractivity contribution is -0.405. The maximum absolute atomic E-state index is 10.1. The molecule has 0 bridgehead atoms. The summed E-state index contributed by atoms with van der Waals surface area (Å²) in [6.45, 7) is 1.22. The number of hydrogen-bond donors (Lipinski definition) is 2. The van der Waals surface area contributed by atoms with Gasteiger partial charge in [-0.1, -0.05) is 0 Å². The van der Waals surface area contributed by atoms with Crippen LogP contribution in [0.3, 0.4) is 0 Å². The van der Waals surface area contributed by atoms with Crippen molar-refractivity contribution in [2.24, 2.45) is 0 Å². The number of furan rings is 1. The Labute approximate surface area is 121 Å². The first-order chi connectivity index (χ1) is 9.47. The molecule has 8 heteroatoms. The van der Waals surface area contributed by atoms with Gasteiger partial charge < -0.3 is 19.7 Å². The van der Waals surface area contributed by atoms with Crippen LogP contribution in [-0.4, -0.2) is 41.3 Å². The van der Waals surface area contributed by atoms with Crippen LogP contribution in [0, 0.1) is 10.1 Å². The molecule has 0 aliphatic carbocycles. The zero-order valence-electron chi connectivity index (χ0n) is 11.5. The highest BCUT2D eigenvalue weighted by Gasteiger charge is 2.04. The van der Waals surface area contributed by atoms with Crippen LogP contribution in [0.1, 0.15) is 11.5 Å². The van der Waals surface area contributed by atoms with Gasteiger partial charge in [-0.3, -0.25) is 10.1 Å². The van der Waals surface area contributed by atoms with Crippen molar-refractivity contribution in [3.63, 3.8) is 0 Å². The van der Waals surface area contributed by atoms with Crippen LogP contribution in [0.2, 0.25) is 0 Å². The summed E-state index contributed by atoms with van der Waals surface area (Å²) in [5.41, 5.74) is 0. The van der Waals surface area contributed by atoms with Gasteiger partial charge in [0.25, 0.3) is 12.1 Å². The molecule has 0 aromatic carbocycles. The van der Waals surface area contributed by atoms with Crippen LogP contribution in [0.4, 0.5) is 0 Å². The summed E-state index contributed by atoms with van der Waals surface area (Å²) in [6, 6.07) is 3.91. The summed E-state index contributed by atoms with van der Waals surface area (Å²) >= 11 is 1.62. The highest BCUT2D eigenvalue weighted by molar-refractivity contribution is 7.98. The summed E-state index contributed by atoms with van der Waals surface area (Å²) in [5.74, 6) is 2.84. The number of aliphatic hydroxyl groups excluding tert-OH is 1. The molecule has 0 saturated carbocycles. The van der Waals surface area contributed by atoms with Crippen molar-refractivity contribution in [3.8, 4) is 0 Å². The molecule has 0 saturated heterocycles. The molecule has 1 heterocycles. The Balaban J connectivity index is 2.18. The van der Waals surface area contributed by atoms with Crippen LogP contribution < -0.4 is 5.32 Å². The van der Waals surface area contributed by atoms with E-state index in [2.05, 4.69) is 5.32 Å². The minimum atomic E-state index is -0.704. The van der Waals surface area contributed by atoms with E-state index in [0.29, 0.717) is 18.5 Å². The molecule has 0 aliphatic rings. The van der Waals surface area contributed by atoms with Gasteiger partial charge in [-0.15, -0.1) is 0 Å². The van der Waals surface area contributed by atoms with Crippen LogP contribution in [0.5, 0.6) is 0 Å². The maximum atomic E-state index is 10.1. The Bertz CT molecular complexity index is 459. The molecule has 1 aromatic heterocycles. The Morgan fingerprint density at radius 2 is 2.25 bits per heavy atom. The smallest absolute Gasteiger partial charge is 0.293 e. The van der Waals surface area contributed by atoms with E-state index in [4.69, 9.17) is 9.52 Å². The van der Waals surface area contributed by atoms with Gasteiger partial charge in [0.1, 0.15) is 11.5 Å². The van der Waals surface area contributed by atoms with Crippen molar-refractivity contribution in [1.29, 1.82) is 0 Å². The van der Waals surface area contributed by atoms with E-state index in [-0.39, 0.29) is 0 Å². The van der Waals surface area contributed by atoms with Gasteiger partial charge in [0.15, 0.2) is 0 Å². The number of rotatable bonds is 9. The fourth-order valence-corrected chi connectivity index (χ4v) is 2.21. The predicted octanol–water partition coefficient (Wildman–Crippen LogP) is 1.80. The standard InChI is InChI=1S/C12H19N3O4S/c1-14(2)7-10-3-4-11(19-10)9-20-6-5-13-12(16)8-15(17)18/h3-4,8,13,16H,5-7,9H2,1-2H3/b12-8-. The fourth-order valence-electron chi connectivity index (χ4n) is 1.47. The predicted molar refractivity (Wildman–Crippen MR) is 78.0 cm³/mol. The first-order valence-electron chi connectivity index (χ1n) is 6.05. The van der Waals surface area contributed by atoms with Crippen molar-refractivity contribution >= 4 is 11.8 Å². The molecule has 112 valence electrons. The maximum Gasteiger partial charge on any atom is 0.293 e. The molecular formula is C12H19N3O4S. The van der Waals surface area contributed by atoms with E-state index in [1.54, 1.807) is 11.8 Å². The van der Waals surface area contributed by atoms with Crippen LogP contribution >= 0.6 is 11.8 Å². The summed E-state index contributed by atoms with van der Waals surface area (Å²) in [4.78, 5) is 11.4. The summed E-state index contributed by atoms with van der Waals surface area (Å²) < 4.78 is 5.64. The first kappa shape index (κ1) is 16.4. The third-order valence-corrected chi connectivity index (χ3v) is 3.20. The van der Waals surface area contributed by atoms with Crippen molar-refractivity contribution in [2.75, 3.05) is 26.4 Å². The lowest BCUT2D eigenvalue weighted by Crippen LogP contribution is -2.17. The molecular weight excluding hydrogens is 282 g/mol. The molecule has 0 fully saturated rings. The van der Waals surface area contributed by atoms with Crippen molar-refractivity contribution < 1.29 is 14.4 Å². The second-order valence-corrected chi connectivity index (χ2v) is 5.49. The molecule has 20 heavy (non-hydrogen) atoms. The van der Waals surface area contributed by atoms with Crippen molar-refractivity contribution in [1.82, 2.24) is 10.2 Å². The van der Waals surface area contributed by atoms with Gasteiger partial charge in [0, 0.05) is 12.3 Å². The third-order valence-electron chi connectivity index (χ3n) is 2.21. The number of nitro groups is 1. The van der Waals surface area contributed by atoms with E-state index in [1.165, 1.54) is 0 Å². The molecule has 0 radical (unpaired) electrons. The quantitative estimate of drug-likeness (QED) is 0.311. The minimum absolute atomic E-state index is 0.429. The van der Waals surface area contributed by atoms with E-state index in [1.807, 2.05) is 31.1 Å². The van der Waals surface area contributed by atoms with E-state index < -0.39 is 10.8 Å². The first-order valence-corrected chi connectivity index (χ1v) is 7.21. The van der Waals surface area contributed by atoms with E-state index >= 15 is 0 Å². The van der Waals surface area contributed by atoms with Crippen molar-refractivity contribution in [3.05, 3.63) is 45.9 Å². The zero-order valence-corrected chi connectivity index (χ0v) is 12.4. The summed E-state index contributed by atoms with van der Waals surface area (Å²) in [5, 5.41) is 21.7. The second kappa shape index (κ2) is 8.49. The third kappa shape index (κ3) is 7.05. The SMILES string of the molecule is CN(C)Cc1ccc(CSCCN/C(O)=C/[N+](=O)[O-])o1. The Hall–Kier alpha value is -1.67. The topological polar surface area (TPSA) is 91.8 Å². The Kier molecular flexibility index (Phi) is 6.96. The number of hydrogen-bond acceptors (Lipinski definition) is 7. The van der Waals surface area contributed by atoms with E-state index in [0.717, 1.165) is 23.8 Å². The number of nitrogens with one attached hydrogen (secondary N) is 1. The molecule has 0 aliphatic heterocycles. The molecule has 7 nitrogen and oxygen atoms in total. The highest BCUT2D eigenvalue weighted by atomic mass is 32.2. The van der Waals surface area contributed by atoms with E-state index in [9.17, 15) is 10.1 Å². The molecule has 2 N–H and O–H groups in total. The van der Waals surface area contributed by atoms with Gasteiger partial charge in [0.05, 0.1) is 17.2 Å². The number of aliphatic hydroxyl groups is 1. The molecule has 0 atom stereocenters. The minimum Gasteiger partial charge on any atom is -0.490 e. The van der Waals surface area contributed by atoms with Gasteiger partial charge in [-0.25, -0.2) is 0 Å². The van der Waals surface area contributed by atoms with Crippen LogP contribution in [0.15, 0.2) is 28.6 Å². The molecule has 1 rings (SSSR count). The van der Waals surface area contributed by atoms with Crippen molar-refractivity contribution in [2.45, 2.75) is 12.3 Å².